The Kier molecular flexibility index (Phi) is 3.82. The van der Waals surface area contributed by atoms with Crippen LogP contribution in [0.3, 0.4) is 0 Å². The zero-order valence-corrected chi connectivity index (χ0v) is 9.08. The van der Waals surface area contributed by atoms with Crippen LogP contribution < -0.4 is 17.0 Å². The minimum absolute atomic E-state index is 0.209. The molecule has 1 unspecified atom stereocenters. The van der Waals surface area contributed by atoms with Crippen LogP contribution in [0.25, 0.3) is 0 Å². The Morgan fingerprint density at radius 1 is 1.47 bits per heavy atom. The lowest BCUT2D eigenvalue weighted by Gasteiger charge is -2.14. The molecule has 1 rings (SSSR count). The van der Waals surface area contributed by atoms with Gasteiger partial charge in [-0.15, -0.1) is 0 Å². The highest BCUT2D eigenvalue weighted by Crippen LogP contribution is 2.19. The second-order valence-electron chi connectivity index (χ2n) is 3.74. The lowest BCUT2D eigenvalue weighted by atomic mass is 9.97. The summed E-state index contributed by atoms with van der Waals surface area (Å²) in [6.07, 6.45) is 0.209. The molecule has 0 saturated carbocycles. The SMILES string of the molecule is Cc1ccc(C)c(C(N)CC(=O)NN)c1. The number of aryl methyl sites for hydroxylation is 2. The van der Waals surface area contributed by atoms with Crippen LogP contribution in [0.4, 0.5) is 0 Å². The molecule has 4 heteroatoms. The van der Waals surface area contributed by atoms with Gasteiger partial charge in [0, 0.05) is 12.5 Å². The van der Waals surface area contributed by atoms with Gasteiger partial charge in [0.05, 0.1) is 0 Å². The van der Waals surface area contributed by atoms with Crippen molar-refractivity contribution < 1.29 is 4.79 Å². The van der Waals surface area contributed by atoms with Crippen LogP contribution in [0.5, 0.6) is 0 Å². The van der Waals surface area contributed by atoms with Gasteiger partial charge in [0.15, 0.2) is 0 Å². The topological polar surface area (TPSA) is 81.1 Å². The van der Waals surface area contributed by atoms with E-state index in [4.69, 9.17) is 11.6 Å². The third-order valence-electron chi connectivity index (χ3n) is 2.40. The van der Waals surface area contributed by atoms with E-state index in [0.29, 0.717) is 0 Å². The average molecular weight is 207 g/mol. The summed E-state index contributed by atoms with van der Waals surface area (Å²) in [5.74, 6) is 4.76. The Morgan fingerprint density at radius 2 is 2.13 bits per heavy atom. The number of nitrogens with one attached hydrogen (secondary N) is 1. The van der Waals surface area contributed by atoms with Crippen LogP contribution in [-0.2, 0) is 4.79 Å². The zero-order valence-electron chi connectivity index (χ0n) is 9.08. The molecular formula is C11H17N3O. The normalized spacial score (nSPS) is 12.3. The summed E-state index contributed by atoms with van der Waals surface area (Å²) < 4.78 is 0. The number of hydrogen-bond donors (Lipinski definition) is 3. The average Bonchev–Trinajstić information content (AvgIpc) is 2.21. The first-order chi connectivity index (χ1) is 7.04. The van der Waals surface area contributed by atoms with Crippen LogP contribution in [0.1, 0.15) is 29.2 Å². The van der Waals surface area contributed by atoms with Gasteiger partial charge in [-0.2, -0.15) is 0 Å². The first kappa shape index (κ1) is 11.7. The van der Waals surface area contributed by atoms with E-state index in [1.165, 1.54) is 0 Å². The molecule has 0 aliphatic heterocycles. The second-order valence-corrected chi connectivity index (χ2v) is 3.74. The van der Waals surface area contributed by atoms with Crippen LogP contribution in [0.2, 0.25) is 0 Å². The Morgan fingerprint density at radius 3 is 2.73 bits per heavy atom. The highest BCUT2D eigenvalue weighted by molar-refractivity contribution is 5.76. The van der Waals surface area contributed by atoms with Crippen LogP contribution in [0, 0.1) is 13.8 Å². The van der Waals surface area contributed by atoms with Crippen molar-refractivity contribution in [3.05, 3.63) is 34.9 Å². The molecule has 1 aromatic carbocycles. The summed E-state index contributed by atoms with van der Waals surface area (Å²) in [7, 11) is 0. The molecule has 5 N–H and O–H groups in total. The molecule has 0 spiro atoms. The summed E-state index contributed by atoms with van der Waals surface area (Å²) >= 11 is 0. The molecule has 4 nitrogen and oxygen atoms in total. The summed E-state index contributed by atoms with van der Waals surface area (Å²) in [6, 6.07) is 5.73. The standard InChI is InChI=1S/C11H17N3O/c1-7-3-4-8(2)9(5-7)10(12)6-11(15)14-13/h3-5,10H,6,12-13H2,1-2H3,(H,14,15). The first-order valence-electron chi connectivity index (χ1n) is 4.86. The van der Waals surface area contributed by atoms with Crippen molar-refractivity contribution in [2.45, 2.75) is 26.3 Å². The van der Waals surface area contributed by atoms with E-state index in [9.17, 15) is 4.79 Å². The summed E-state index contributed by atoms with van der Waals surface area (Å²) in [4.78, 5) is 11.1. The van der Waals surface area contributed by atoms with E-state index in [1.807, 2.05) is 32.0 Å². The van der Waals surface area contributed by atoms with E-state index in [2.05, 4.69) is 5.43 Å². The number of carbonyl (C=O) groups excluding carboxylic acids is 1. The molecule has 0 fully saturated rings. The van der Waals surface area contributed by atoms with Gasteiger partial charge in [0.2, 0.25) is 5.91 Å². The zero-order chi connectivity index (χ0) is 11.4. The molecule has 15 heavy (non-hydrogen) atoms. The number of rotatable bonds is 3. The molecule has 0 saturated heterocycles. The van der Waals surface area contributed by atoms with Crippen molar-refractivity contribution in [3.8, 4) is 0 Å². The van der Waals surface area contributed by atoms with E-state index in [-0.39, 0.29) is 18.4 Å². The summed E-state index contributed by atoms with van der Waals surface area (Å²) in [5.41, 5.74) is 11.2. The van der Waals surface area contributed by atoms with Crippen molar-refractivity contribution in [2.24, 2.45) is 11.6 Å². The molecule has 0 heterocycles. The Balaban J connectivity index is 2.85. The number of benzene rings is 1. The Bertz CT molecular complexity index is 363. The Labute approximate surface area is 89.6 Å². The number of carbonyl (C=O) groups is 1. The second kappa shape index (κ2) is 4.91. The predicted octanol–water partition coefficient (Wildman–Crippen LogP) is 0.683. The van der Waals surface area contributed by atoms with Gasteiger partial charge in [0.1, 0.15) is 0 Å². The number of hydrogen-bond acceptors (Lipinski definition) is 3. The van der Waals surface area contributed by atoms with Crippen LogP contribution >= 0.6 is 0 Å². The van der Waals surface area contributed by atoms with Gasteiger partial charge >= 0.3 is 0 Å². The first-order valence-corrected chi connectivity index (χ1v) is 4.86. The third kappa shape index (κ3) is 3.04. The molecule has 1 aromatic rings. The monoisotopic (exact) mass is 207 g/mol. The number of hydrazine groups is 1. The maximum absolute atomic E-state index is 11.1. The largest absolute Gasteiger partial charge is 0.324 e. The highest BCUT2D eigenvalue weighted by Gasteiger charge is 2.12. The number of amides is 1. The molecule has 82 valence electrons. The molecular weight excluding hydrogens is 190 g/mol. The van der Waals surface area contributed by atoms with Crippen molar-refractivity contribution in [1.29, 1.82) is 0 Å². The van der Waals surface area contributed by atoms with Crippen LogP contribution in [-0.4, -0.2) is 5.91 Å². The lowest BCUT2D eigenvalue weighted by Crippen LogP contribution is -2.32. The fourth-order valence-electron chi connectivity index (χ4n) is 1.53. The quantitative estimate of drug-likeness (QED) is 0.387. The van der Waals surface area contributed by atoms with Crippen molar-refractivity contribution in [2.75, 3.05) is 0 Å². The van der Waals surface area contributed by atoms with Crippen molar-refractivity contribution in [3.63, 3.8) is 0 Å². The minimum Gasteiger partial charge on any atom is -0.324 e. The molecule has 0 aliphatic carbocycles. The molecule has 1 amide bonds. The molecule has 1 atom stereocenters. The van der Waals surface area contributed by atoms with Crippen molar-refractivity contribution >= 4 is 5.91 Å². The summed E-state index contributed by atoms with van der Waals surface area (Å²) in [5, 5.41) is 0. The van der Waals surface area contributed by atoms with Gasteiger partial charge in [-0.3, -0.25) is 10.2 Å². The van der Waals surface area contributed by atoms with Gasteiger partial charge in [-0.25, -0.2) is 5.84 Å². The lowest BCUT2D eigenvalue weighted by molar-refractivity contribution is -0.121. The molecule has 0 bridgehead atoms. The van der Waals surface area contributed by atoms with E-state index >= 15 is 0 Å². The fourth-order valence-corrected chi connectivity index (χ4v) is 1.53. The van der Waals surface area contributed by atoms with Gasteiger partial charge in [-0.05, 0) is 25.0 Å². The maximum atomic E-state index is 11.1. The maximum Gasteiger partial charge on any atom is 0.235 e. The van der Waals surface area contributed by atoms with Gasteiger partial charge < -0.3 is 5.73 Å². The minimum atomic E-state index is -0.298. The highest BCUT2D eigenvalue weighted by atomic mass is 16.2. The third-order valence-corrected chi connectivity index (χ3v) is 2.40. The van der Waals surface area contributed by atoms with Crippen molar-refractivity contribution in [1.82, 2.24) is 5.43 Å². The molecule has 0 aromatic heterocycles. The number of nitrogens with two attached hydrogens (primary N) is 2. The van der Waals surface area contributed by atoms with Gasteiger partial charge in [0.25, 0.3) is 0 Å². The molecule has 0 radical (unpaired) electrons. The van der Waals surface area contributed by atoms with E-state index in [0.717, 1.165) is 16.7 Å². The Hall–Kier alpha value is -1.39. The van der Waals surface area contributed by atoms with Crippen LogP contribution in [0.15, 0.2) is 18.2 Å². The summed E-state index contributed by atoms with van der Waals surface area (Å²) in [6.45, 7) is 3.98. The fraction of sp³-hybridized carbons (Fsp3) is 0.364. The predicted molar refractivity (Wildman–Crippen MR) is 59.8 cm³/mol. The smallest absolute Gasteiger partial charge is 0.235 e. The van der Waals surface area contributed by atoms with Gasteiger partial charge in [-0.1, -0.05) is 23.8 Å². The van der Waals surface area contributed by atoms with E-state index < -0.39 is 0 Å². The van der Waals surface area contributed by atoms with E-state index in [1.54, 1.807) is 0 Å². The molecule has 0 aliphatic rings.